The standard InChI is InChI=1S/C14H21NS/c1-10(14-3-2-8-16-14)15-9-13(11-4-5-11)12-6-7-12/h2-3,8,10-13,15H,4-7,9H2,1H3. The van der Waals surface area contributed by atoms with E-state index in [0.29, 0.717) is 6.04 Å². The van der Waals surface area contributed by atoms with Crippen LogP contribution < -0.4 is 5.32 Å². The van der Waals surface area contributed by atoms with E-state index in [9.17, 15) is 0 Å². The summed E-state index contributed by atoms with van der Waals surface area (Å²) < 4.78 is 0. The monoisotopic (exact) mass is 235 g/mol. The van der Waals surface area contributed by atoms with Gasteiger partial charge in [-0.15, -0.1) is 11.3 Å². The van der Waals surface area contributed by atoms with Gasteiger partial charge in [-0.2, -0.15) is 0 Å². The lowest BCUT2D eigenvalue weighted by atomic mass is 9.97. The third kappa shape index (κ3) is 2.49. The molecule has 1 unspecified atom stereocenters. The van der Waals surface area contributed by atoms with E-state index >= 15 is 0 Å². The fourth-order valence-corrected chi connectivity index (χ4v) is 3.48. The summed E-state index contributed by atoms with van der Waals surface area (Å²) in [5.74, 6) is 3.12. The third-order valence-electron chi connectivity index (χ3n) is 4.08. The van der Waals surface area contributed by atoms with E-state index in [4.69, 9.17) is 0 Å². The summed E-state index contributed by atoms with van der Waals surface area (Å²) in [7, 11) is 0. The highest BCUT2D eigenvalue weighted by Gasteiger charge is 2.41. The van der Waals surface area contributed by atoms with Crippen LogP contribution in [0.15, 0.2) is 17.5 Å². The molecule has 1 atom stereocenters. The summed E-state index contributed by atoms with van der Waals surface area (Å²) in [5.41, 5.74) is 0. The Morgan fingerprint density at radius 3 is 2.50 bits per heavy atom. The zero-order valence-corrected chi connectivity index (χ0v) is 10.8. The summed E-state index contributed by atoms with van der Waals surface area (Å²) in [6.45, 7) is 3.54. The van der Waals surface area contributed by atoms with Crippen LogP contribution in [0.3, 0.4) is 0 Å². The van der Waals surface area contributed by atoms with Crippen molar-refractivity contribution in [2.24, 2.45) is 17.8 Å². The normalized spacial score (nSPS) is 22.6. The van der Waals surface area contributed by atoms with Crippen molar-refractivity contribution in [1.29, 1.82) is 0 Å². The predicted octanol–water partition coefficient (Wildman–Crippen LogP) is 3.83. The second kappa shape index (κ2) is 4.50. The second-order valence-electron chi connectivity index (χ2n) is 5.48. The summed E-state index contributed by atoms with van der Waals surface area (Å²) in [5, 5.41) is 5.91. The van der Waals surface area contributed by atoms with E-state index in [1.807, 2.05) is 11.3 Å². The maximum atomic E-state index is 3.74. The van der Waals surface area contributed by atoms with Crippen molar-refractivity contribution in [1.82, 2.24) is 5.32 Å². The molecule has 0 amide bonds. The van der Waals surface area contributed by atoms with Gasteiger partial charge in [0, 0.05) is 10.9 Å². The van der Waals surface area contributed by atoms with Gasteiger partial charge < -0.3 is 5.32 Å². The van der Waals surface area contributed by atoms with Crippen LogP contribution in [0.2, 0.25) is 0 Å². The van der Waals surface area contributed by atoms with Crippen molar-refractivity contribution in [2.75, 3.05) is 6.54 Å². The Morgan fingerprint density at radius 2 is 2.00 bits per heavy atom. The molecule has 3 rings (SSSR count). The van der Waals surface area contributed by atoms with Gasteiger partial charge in [0.05, 0.1) is 0 Å². The molecule has 2 fully saturated rings. The molecule has 0 aliphatic heterocycles. The molecule has 2 heteroatoms. The molecule has 16 heavy (non-hydrogen) atoms. The average molecular weight is 235 g/mol. The van der Waals surface area contributed by atoms with Gasteiger partial charge in [-0.3, -0.25) is 0 Å². The molecule has 0 radical (unpaired) electrons. The summed E-state index contributed by atoms with van der Waals surface area (Å²) in [6.07, 6.45) is 5.99. The van der Waals surface area contributed by atoms with Gasteiger partial charge in [-0.05, 0) is 68.4 Å². The van der Waals surface area contributed by atoms with Gasteiger partial charge in [-0.1, -0.05) is 6.07 Å². The number of thiophene rings is 1. The largest absolute Gasteiger partial charge is 0.309 e. The Bertz CT molecular complexity index is 313. The van der Waals surface area contributed by atoms with Gasteiger partial charge in [-0.25, -0.2) is 0 Å². The molecule has 2 aliphatic rings. The lowest BCUT2D eigenvalue weighted by Gasteiger charge is -2.19. The van der Waals surface area contributed by atoms with E-state index in [0.717, 1.165) is 17.8 Å². The van der Waals surface area contributed by atoms with Crippen LogP contribution in [-0.4, -0.2) is 6.54 Å². The highest BCUT2D eigenvalue weighted by atomic mass is 32.1. The van der Waals surface area contributed by atoms with Gasteiger partial charge in [0.2, 0.25) is 0 Å². The highest BCUT2D eigenvalue weighted by molar-refractivity contribution is 7.10. The molecular weight excluding hydrogens is 214 g/mol. The van der Waals surface area contributed by atoms with E-state index in [-0.39, 0.29) is 0 Å². The maximum Gasteiger partial charge on any atom is 0.0386 e. The van der Waals surface area contributed by atoms with Crippen LogP contribution in [0.1, 0.15) is 43.5 Å². The Morgan fingerprint density at radius 1 is 1.31 bits per heavy atom. The molecule has 1 aromatic heterocycles. The quantitative estimate of drug-likeness (QED) is 0.790. The SMILES string of the molecule is CC(NCC(C1CC1)C1CC1)c1cccs1. The van der Waals surface area contributed by atoms with Crippen molar-refractivity contribution in [2.45, 2.75) is 38.6 Å². The van der Waals surface area contributed by atoms with Crippen molar-refractivity contribution >= 4 is 11.3 Å². The first-order chi connectivity index (χ1) is 7.84. The van der Waals surface area contributed by atoms with Gasteiger partial charge >= 0.3 is 0 Å². The molecule has 2 saturated carbocycles. The van der Waals surface area contributed by atoms with Crippen LogP contribution in [0.5, 0.6) is 0 Å². The smallest absolute Gasteiger partial charge is 0.0386 e. The van der Waals surface area contributed by atoms with E-state index in [2.05, 4.69) is 29.8 Å². The number of rotatable bonds is 6. The highest BCUT2D eigenvalue weighted by Crippen LogP contribution is 2.49. The van der Waals surface area contributed by atoms with Gasteiger partial charge in [0.1, 0.15) is 0 Å². The molecule has 1 heterocycles. The fourth-order valence-electron chi connectivity index (χ4n) is 2.72. The molecule has 2 aliphatic carbocycles. The summed E-state index contributed by atoms with van der Waals surface area (Å²) >= 11 is 1.87. The minimum absolute atomic E-state index is 0.542. The van der Waals surface area contributed by atoms with Crippen LogP contribution in [-0.2, 0) is 0 Å². The second-order valence-corrected chi connectivity index (χ2v) is 6.46. The Balaban J connectivity index is 1.51. The first-order valence-electron chi connectivity index (χ1n) is 6.61. The van der Waals surface area contributed by atoms with E-state index in [1.165, 1.54) is 37.1 Å². The van der Waals surface area contributed by atoms with Crippen LogP contribution in [0, 0.1) is 17.8 Å². The third-order valence-corrected chi connectivity index (χ3v) is 5.14. The molecular formula is C14H21NS. The Labute approximate surface area is 102 Å². The number of hydrogen-bond donors (Lipinski definition) is 1. The molecule has 88 valence electrons. The number of nitrogens with one attached hydrogen (secondary N) is 1. The van der Waals surface area contributed by atoms with Crippen molar-refractivity contribution in [3.63, 3.8) is 0 Å². The van der Waals surface area contributed by atoms with E-state index < -0.39 is 0 Å². The minimum Gasteiger partial charge on any atom is -0.309 e. The Hall–Kier alpha value is -0.340. The molecule has 0 spiro atoms. The first kappa shape index (κ1) is 10.8. The predicted molar refractivity (Wildman–Crippen MR) is 69.7 cm³/mol. The van der Waals surface area contributed by atoms with Crippen molar-refractivity contribution in [3.05, 3.63) is 22.4 Å². The fraction of sp³-hybridized carbons (Fsp3) is 0.714. The molecule has 1 aromatic rings. The first-order valence-corrected chi connectivity index (χ1v) is 7.49. The number of hydrogen-bond acceptors (Lipinski definition) is 2. The zero-order valence-electron chi connectivity index (χ0n) is 9.99. The van der Waals surface area contributed by atoms with E-state index in [1.54, 1.807) is 0 Å². The Kier molecular flexibility index (Phi) is 3.03. The molecule has 0 aromatic carbocycles. The average Bonchev–Trinajstić information content (AvgIpc) is 3.21. The van der Waals surface area contributed by atoms with Gasteiger partial charge in [0.15, 0.2) is 0 Å². The maximum absolute atomic E-state index is 3.74. The van der Waals surface area contributed by atoms with Crippen molar-refractivity contribution in [3.8, 4) is 0 Å². The molecule has 0 bridgehead atoms. The molecule has 1 N–H and O–H groups in total. The van der Waals surface area contributed by atoms with Crippen molar-refractivity contribution < 1.29 is 0 Å². The lowest BCUT2D eigenvalue weighted by Crippen LogP contribution is -2.27. The van der Waals surface area contributed by atoms with Gasteiger partial charge in [0.25, 0.3) is 0 Å². The minimum atomic E-state index is 0.542. The lowest BCUT2D eigenvalue weighted by molar-refractivity contribution is 0.363. The molecule has 1 nitrogen and oxygen atoms in total. The summed E-state index contributed by atoms with van der Waals surface area (Å²) in [4.78, 5) is 1.48. The zero-order chi connectivity index (χ0) is 11.0. The topological polar surface area (TPSA) is 12.0 Å². The summed E-state index contributed by atoms with van der Waals surface area (Å²) in [6, 6.07) is 4.93. The van der Waals surface area contributed by atoms with Crippen LogP contribution in [0.25, 0.3) is 0 Å². The van der Waals surface area contributed by atoms with Crippen LogP contribution in [0.4, 0.5) is 0 Å². The molecule has 0 saturated heterocycles. The van der Waals surface area contributed by atoms with Crippen LogP contribution >= 0.6 is 11.3 Å².